The van der Waals surface area contributed by atoms with Gasteiger partial charge in [-0.15, -0.1) is 0 Å². The minimum Gasteiger partial charge on any atom is -0.363 e. The summed E-state index contributed by atoms with van der Waals surface area (Å²) in [6, 6.07) is 10.1. The predicted octanol–water partition coefficient (Wildman–Crippen LogP) is 4.91. The molecule has 2 aromatic heterocycles. The molecule has 0 saturated carbocycles. The van der Waals surface area contributed by atoms with Crippen LogP contribution in [0.15, 0.2) is 67.4 Å². The molecule has 4 aromatic rings. The molecule has 1 aliphatic rings. The summed E-state index contributed by atoms with van der Waals surface area (Å²) in [5.74, 6) is -0.793. The zero-order valence-electron chi connectivity index (χ0n) is 21.1. The van der Waals surface area contributed by atoms with Gasteiger partial charge in [0, 0.05) is 43.0 Å². The summed E-state index contributed by atoms with van der Waals surface area (Å²) >= 11 is 0. The van der Waals surface area contributed by atoms with E-state index in [1.54, 1.807) is 23.2 Å². The van der Waals surface area contributed by atoms with Crippen LogP contribution < -0.4 is 10.6 Å². The quantitative estimate of drug-likeness (QED) is 0.223. The number of hydrogen-bond donors (Lipinski definition) is 3. The molecule has 5 rings (SSSR count). The van der Waals surface area contributed by atoms with E-state index in [0.29, 0.717) is 41.1 Å². The van der Waals surface area contributed by atoms with Crippen LogP contribution in [-0.4, -0.2) is 51.0 Å². The highest BCUT2D eigenvalue weighted by Gasteiger charge is 2.30. The number of aromatic amines is 1. The van der Waals surface area contributed by atoms with Gasteiger partial charge in [0.25, 0.3) is 5.91 Å². The Bertz CT molecular complexity index is 1580. The summed E-state index contributed by atoms with van der Waals surface area (Å²) in [4.78, 5) is 30.3. The molecule has 2 amide bonds. The van der Waals surface area contributed by atoms with Crippen molar-refractivity contribution in [2.24, 2.45) is 0 Å². The Morgan fingerprint density at radius 1 is 1.15 bits per heavy atom. The number of halogens is 4. The molecule has 1 unspecified atom stereocenters. The number of nitrogens with zero attached hydrogens (tertiary/aromatic N) is 3. The first-order chi connectivity index (χ1) is 19.1. The van der Waals surface area contributed by atoms with E-state index < -0.39 is 23.5 Å². The fraction of sp³-hybridized carbons (Fsp3) is 0.214. The number of carbonyl (C=O) groups excluding carboxylic acids is 2. The number of pyridine rings is 1. The lowest BCUT2D eigenvalue weighted by Crippen LogP contribution is -2.30. The normalized spacial score (nSPS) is 15.3. The summed E-state index contributed by atoms with van der Waals surface area (Å²) in [7, 11) is 0. The van der Waals surface area contributed by atoms with E-state index in [1.165, 1.54) is 18.2 Å². The molecular weight excluding hydrogens is 528 g/mol. The van der Waals surface area contributed by atoms with Crippen molar-refractivity contribution < 1.29 is 27.2 Å². The number of H-pyrrole nitrogens is 1. The Balaban J connectivity index is 1.31. The number of rotatable bonds is 7. The van der Waals surface area contributed by atoms with Crippen LogP contribution in [0.1, 0.15) is 27.9 Å². The van der Waals surface area contributed by atoms with Gasteiger partial charge in [0.05, 0.1) is 10.9 Å². The molecule has 8 nitrogen and oxygen atoms in total. The van der Waals surface area contributed by atoms with Crippen LogP contribution in [0.5, 0.6) is 0 Å². The van der Waals surface area contributed by atoms with Crippen LogP contribution in [0.4, 0.5) is 23.4 Å². The fourth-order valence-electron chi connectivity index (χ4n) is 4.64. The molecule has 1 aliphatic heterocycles. The molecule has 0 aliphatic carbocycles. The monoisotopic (exact) mass is 552 g/mol. The van der Waals surface area contributed by atoms with Crippen molar-refractivity contribution in [3.05, 3.63) is 89.9 Å². The van der Waals surface area contributed by atoms with E-state index in [-0.39, 0.29) is 29.6 Å². The van der Waals surface area contributed by atoms with Gasteiger partial charge in [-0.3, -0.25) is 14.7 Å². The third kappa shape index (κ3) is 5.51. The van der Waals surface area contributed by atoms with Gasteiger partial charge in [-0.05, 0) is 60.0 Å². The number of alkyl halides is 3. The number of benzene rings is 2. The number of aromatic nitrogens is 3. The SMILES string of the molecule is C=CC(=O)N1CCC(Nc2n[nH]c3nccc(-c4ccc(CNC(=O)c5ccc(C(F)(F)F)cc5)c(F)c4)c23)C1. The lowest BCUT2D eigenvalue weighted by Gasteiger charge is -2.15. The minimum absolute atomic E-state index is 0.0310. The molecule has 0 bridgehead atoms. The first kappa shape index (κ1) is 26.9. The highest BCUT2D eigenvalue weighted by atomic mass is 19.4. The number of carbonyl (C=O) groups is 2. The molecular formula is C28H24F4N6O2. The van der Waals surface area contributed by atoms with Gasteiger partial charge in [-0.25, -0.2) is 9.37 Å². The first-order valence-electron chi connectivity index (χ1n) is 12.4. The lowest BCUT2D eigenvalue weighted by molar-refractivity contribution is -0.137. The maximum absolute atomic E-state index is 15.1. The van der Waals surface area contributed by atoms with Crippen LogP contribution in [0.2, 0.25) is 0 Å². The summed E-state index contributed by atoms with van der Waals surface area (Å²) < 4.78 is 53.4. The van der Waals surface area contributed by atoms with Crippen LogP contribution in [-0.2, 0) is 17.5 Å². The third-order valence-electron chi connectivity index (χ3n) is 6.75. The lowest BCUT2D eigenvalue weighted by atomic mass is 10.0. The molecule has 2 aromatic carbocycles. The van der Waals surface area contributed by atoms with Gasteiger partial charge in [0.1, 0.15) is 5.82 Å². The average Bonchev–Trinajstić information content (AvgIpc) is 3.59. The smallest absolute Gasteiger partial charge is 0.363 e. The molecule has 206 valence electrons. The molecule has 1 atom stereocenters. The number of fused-ring (bicyclic) bond motifs is 1. The third-order valence-corrected chi connectivity index (χ3v) is 6.75. The van der Waals surface area contributed by atoms with Crippen molar-refractivity contribution in [3.63, 3.8) is 0 Å². The van der Waals surface area contributed by atoms with Crippen LogP contribution in [0.3, 0.4) is 0 Å². The maximum Gasteiger partial charge on any atom is 0.416 e. The zero-order valence-corrected chi connectivity index (χ0v) is 21.1. The van der Waals surface area contributed by atoms with Crippen molar-refractivity contribution in [2.45, 2.75) is 25.2 Å². The second-order valence-corrected chi connectivity index (χ2v) is 9.34. The van der Waals surface area contributed by atoms with E-state index in [4.69, 9.17) is 0 Å². The van der Waals surface area contributed by atoms with Crippen molar-refractivity contribution >= 4 is 28.7 Å². The molecule has 3 heterocycles. The Kier molecular flexibility index (Phi) is 7.24. The standard InChI is InChI=1S/C28H24F4N6O2/c1-2-23(39)38-12-10-20(15-38)35-26-24-21(9-11-33-25(24)36-37-26)17-3-4-18(22(29)13-17)14-34-27(40)16-5-7-19(8-6-16)28(30,31)32/h2-9,11,13,20H,1,10,12,14-15H2,(H,34,40)(H2,33,35,36,37). The van der Waals surface area contributed by atoms with Gasteiger partial charge in [-0.2, -0.15) is 18.3 Å². The summed E-state index contributed by atoms with van der Waals surface area (Å²) in [5.41, 5.74) is 1.12. The second kappa shape index (κ2) is 10.8. The summed E-state index contributed by atoms with van der Waals surface area (Å²) in [5, 5.41) is 13.8. The van der Waals surface area contributed by atoms with Crippen LogP contribution in [0.25, 0.3) is 22.2 Å². The van der Waals surface area contributed by atoms with Gasteiger partial charge in [0.15, 0.2) is 11.5 Å². The molecule has 0 spiro atoms. The number of anilines is 1. The summed E-state index contributed by atoms with van der Waals surface area (Å²) in [6.45, 7) is 4.46. The number of amides is 2. The Hall–Kier alpha value is -4.74. The number of hydrogen-bond acceptors (Lipinski definition) is 5. The predicted molar refractivity (Wildman–Crippen MR) is 141 cm³/mol. The molecule has 3 N–H and O–H groups in total. The van der Waals surface area contributed by atoms with E-state index in [0.717, 1.165) is 30.7 Å². The van der Waals surface area contributed by atoms with E-state index in [2.05, 4.69) is 32.4 Å². The minimum atomic E-state index is -4.50. The molecule has 1 saturated heterocycles. The van der Waals surface area contributed by atoms with Crippen LogP contribution >= 0.6 is 0 Å². The van der Waals surface area contributed by atoms with Crippen LogP contribution in [0, 0.1) is 5.82 Å². The van der Waals surface area contributed by atoms with Crippen molar-refractivity contribution in [1.82, 2.24) is 25.4 Å². The molecule has 40 heavy (non-hydrogen) atoms. The number of likely N-dealkylation sites (tertiary alicyclic amines) is 1. The van der Waals surface area contributed by atoms with E-state index in [9.17, 15) is 22.8 Å². The molecule has 1 fully saturated rings. The van der Waals surface area contributed by atoms with E-state index in [1.807, 2.05) is 0 Å². The van der Waals surface area contributed by atoms with Crippen molar-refractivity contribution in [3.8, 4) is 11.1 Å². The van der Waals surface area contributed by atoms with Gasteiger partial charge in [0.2, 0.25) is 5.91 Å². The average molecular weight is 553 g/mol. The molecule has 0 radical (unpaired) electrons. The fourth-order valence-corrected chi connectivity index (χ4v) is 4.64. The highest BCUT2D eigenvalue weighted by Crippen LogP contribution is 2.33. The highest BCUT2D eigenvalue weighted by molar-refractivity contribution is 6.00. The second-order valence-electron chi connectivity index (χ2n) is 9.34. The Labute approximate surface area is 226 Å². The zero-order chi connectivity index (χ0) is 28.4. The maximum atomic E-state index is 15.1. The summed E-state index contributed by atoms with van der Waals surface area (Å²) in [6.07, 6.45) is -0.912. The largest absolute Gasteiger partial charge is 0.416 e. The topological polar surface area (TPSA) is 103 Å². The molecule has 12 heteroatoms. The van der Waals surface area contributed by atoms with Crippen molar-refractivity contribution in [2.75, 3.05) is 18.4 Å². The van der Waals surface area contributed by atoms with Crippen molar-refractivity contribution in [1.29, 1.82) is 0 Å². The number of nitrogens with one attached hydrogen (secondary N) is 3. The van der Waals surface area contributed by atoms with E-state index >= 15 is 4.39 Å². The van der Waals surface area contributed by atoms with Gasteiger partial charge >= 0.3 is 6.18 Å². The van der Waals surface area contributed by atoms with Gasteiger partial charge in [-0.1, -0.05) is 18.7 Å². The Morgan fingerprint density at radius 2 is 1.93 bits per heavy atom. The van der Waals surface area contributed by atoms with Gasteiger partial charge < -0.3 is 15.5 Å². The Morgan fingerprint density at radius 3 is 2.62 bits per heavy atom. The first-order valence-corrected chi connectivity index (χ1v) is 12.4.